The van der Waals surface area contributed by atoms with E-state index in [1.807, 2.05) is 12.1 Å². The molecule has 5 aliphatic rings. The number of amides is 4. The van der Waals surface area contributed by atoms with E-state index in [1.165, 1.54) is 0 Å². The molecule has 3 saturated heterocycles. The van der Waals surface area contributed by atoms with Crippen molar-refractivity contribution < 1.29 is 23.9 Å². The highest BCUT2D eigenvalue weighted by atomic mass is 35.5. The van der Waals surface area contributed by atoms with Crippen molar-refractivity contribution in [1.29, 1.82) is 5.26 Å². The van der Waals surface area contributed by atoms with Gasteiger partial charge in [-0.1, -0.05) is 17.7 Å². The smallest absolute Gasteiger partial charge is 0.255 e. The zero-order chi connectivity index (χ0) is 38.8. The Labute approximate surface area is 331 Å². The molecule has 2 N–H and O–H groups in total. The molecule has 4 aliphatic heterocycles. The Balaban J connectivity index is 0.743. The first-order valence-corrected chi connectivity index (χ1v) is 20.1. The summed E-state index contributed by atoms with van der Waals surface area (Å²) in [6.45, 7) is 6.93. The highest BCUT2D eigenvalue weighted by Crippen LogP contribution is 2.33. The van der Waals surface area contributed by atoms with E-state index in [9.17, 15) is 19.2 Å². The van der Waals surface area contributed by atoms with Crippen LogP contribution in [0.3, 0.4) is 0 Å². The van der Waals surface area contributed by atoms with Crippen molar-refractivity contribution in [3.8, 4) is 11.8 Å². The molecule has 2 aromatic carbocycles. The number of aromatic nitrogens is 2. The zero-order valence-electron chi connectivity index (χ0n) is 31.3. The number of imide groups is 1. The lowest BCUT2D eigenvalue weighted by molar-refractivity contribution is -0.137. The van der Waals surface area contributed by atoms with E-state index in [-0.39, 0.29) is 42.1 Å². The number of ether oxygens (including phenoxy) is 1. The number of hydrogen-bond donors (Lipinski definition) is 2. The van der Waals surface area contributed by atoms with E-state index in [2.05, 4.69) is 47.4 Å². The number of fused-ring (bicyclic) bond motifs is 1. The minimum absolute atomic E-state index is 0.00391. The van der Waals surface area contributed by atoms with E-state index in [1.54, 1.807) is 35.5 Å². The maximum absolute atomic E-state index is 13.3. The van der Waals surface area contributed by atoms with Crippen molar-refractivity contribution in [1.82, 2.24) is 25.1 Å². The van der Waals surface area contributed by atoms with Crippen molar-refractivity contribution >= 4 is 52.6 Å². The molecule has 4 amide bonds. The number of nitriles is 1. The van der Waals surface area contributed by atoms with Crippen LogP contribution in [0.5, 0.6) is 5.75 Å². The first-order valence-electron chi connectivity index (χ1n) is 19.7. The first kappa shape index (κ1) is 37.7. The maximum Gasteiger partial charge on any atom is 0.255 e. The molecule has 1 unspecified atom stereocenters. The van der Waals surface area contributed by atoms with Gasteiger partial charge in [-0.05, 0) is 80.7 Å². The van der Waals surface area contributed by atoms with Gasteiger partial charge >= 0.3 is 0 Å². The van der Waals surface area contributed by atoms with Crippen LogP contribution in [-0.4, -0.2) is 101 Å². The molecule has 4 fully saturated rings. The average molecular weight is 780 g/mol. The molecule has 0 spiro atoms. The maximum atomic E-state index is 13.3. The molecule has 1 saturated carbocycles. The Kier molecular flexibility index (Phi) is 11.1. The molecule has 56 heavy (non-hydrogen) atoms. The normalized spacial score (nSPS) is 23.4. The number of halogens is 1. The van der Waals surface area contributed by atoms with Crippen molar-refractivity contribution in [2.24, 2.45) is 11.8 Å². The second kappa shape index (κ2) is 16.5. The molecule has 292 valence electrons. The molecule has 1 aromatic heterocycles. The Hall–Kier alpha value is -5.26. The highest BCUT2D eigenvalue weighted by Gasteiger charge is 2.39. The van der Waals surface area contributed by atoms with Crippen LogP contribution in [0.25, 0.3) is 0 Å². The predicted octanol–water partition coefficient (Wildman–Crippen LogP) is 4.38. The van der Waals surface area contributed by atoms with Gasteiger partial charge in [-0.2, -0.15) is 5.26 Å². The lowest BCUT2D eigenvalue weighted by atomic mass is 9.86. The Bertz CT molecular complexity index is 2020. The van der Waals surface area contributed by atoms with Crippen LogP contribution in [0, 0.1) is 23.2 Å². The average Bonchev–Trinajstić information content (AvgIpc) is 3.54. The Morgan fingerprint density at radius 1 is 0.911 bits per heavy atom. The molecule has 5 heterocycles. The molecule has 0 radical (unpaired) electrons. The van der Waals surface area contributed by atoms with Crippen molar-refractivity contribution in [2.45, 2.75) is 70.1 Å². The molecule has 0 bridgehead atoms. The van der Waals surface area contributed by atoms with Gasteiger partial charge < -0.3 is 24.8 Å². The Morgan fingerprint density at radius 2 is 1.70 bits per heavy atom. The zero-order valence-corrected chi connectivity index (χ0v) is 32.0. The molecule has 1 atom stereocenters. The van der Waals surface area contributed by atoms with Crippen LogP contribution in [0.2, 0.25) is 5.02 Å². The van der Waals surface area contributed by atoms with Crippen molar-refractivity contribution in [3.63, 3.8) is 0 Å². The van der Waals surface area contributed by atoms with Crippen molar-refractivity contribution in [2.75, 3.05) is 60.9 Å². The van der Waals surface area contributed by atoms with E-state index >= 15 is 0 Å². The van der Waals surface area contributed by atoms with Gasteiger partial charge in [0.15, 0.2) is 5.82 Å². The fourth-order valence-electron chi connectivity index (χ4n) is 8.71. The number of nitrogens with one attached hydrogen (secondary N) is 2. The summed E-state index contributed by atoms with van der Waals surface area (Å²) in [5, 5.41) is 14.8. The van der Waals surface area contributed by atoms with Crippen LogP contribution in [0.1, 0.15) is 72.9 Å². The van der Waals surface area contributed by atoms with Crippen LogP contribution in [0.15, 0.2) is 48.8 Å². The second-order valence-corrected chi connectivity index (χ2v) is 16.0. The van der Waals surface area contributed by atoms with Gasteiger partial charge in [0.25, 0.3) is 5.91 Å². The second-order valence-electron chi connectivity index (χ2n) is 15.6. The fraction of sp³-hybridized carbons (Fsp3) is 0.488. The van der Waals surface area contributed by atoms with Gasteiger partial charge in [-0.3, -0.25) is 29.4 Å². The number of piperidine rings is 2. The topological polar surface area (TPSA) is 164 Å². The van der Waals surface area contributed by atoms with Gasteiger partial charge in [0.1, 0.15) is 23.7 Å². The van der Waals surface area contributed by atoms with Gasteiger partial charge in [0, 0.05) is 82.0 Å². The first-order chi connectivity index (χ1) is 27.2. The predicted molar refractivity (Wildman–Crippen MR) is 209 cm³/mol. The van der Waals surface area contributed by atoms with Crippen LogP contribution >= 0.6 is 11.6 Å². The van der Waals surface area contributed by atoms with E-state index in [4.69, 9.17) is 21.6 Å². The lowest BCUT2D eigenvalue weighted by Crippen LogP contribution is -2.52. The van der Waals surface area contributed by atoms with Gasteiger partial charge in [-0.25, -0.2) is 9.97 Å². The molecule has 3 aromatic rings. The third-order valence-electron chi connectivity index (χ3n) is 12.0. The number of piperazine rings is 1. The summed E-state index contributed by atoms with van der Waals surface area (Å²) in [6, 6.07) is 12.6. The number of benzene rings is 2. The molecule has 8 rings (SSSR count). The van der Waals surface area contributed by atoms with E-state index in [0.29, 0.717) is 59.4 Å². The number of hydrogen-bond acceptors (Lipinski definition) is 11. The summed E-state index contributed by atoms with van der Waals surface area (Å²) in [7, 11) is 0. The standard InChI is InChI=1S/C41H46ClN9O5/c42-34-20-32(8-4-28(34)21-43)56-31-6-2-27(3-7-31)39(53)46-36-22-45-37(23-44-36)50-13-11-26(12-14-50)24-48-15-17-49(18-16-48)30-5-1-29-25-51(41(55)33(29)19-30)35-9-10-38(52)47-40(35)54/h1,4-5,8,19-20,22-23,26-27,31,35H,2-3,6-7,9-18,24-25H2,(H,44,46,53)(H,47,52,54)/t27-,31-,35?. The van der Waals surface area contributed by atoms with E-state index < -0.39 is 6.04 Å². The summed E-state index contributed by atoms with van der Waals surface area (Å²) < 4.78 is 6.07. The van der Waals surface area contributed by atoms with E-state index in [0.717, 1.165) is 88.6 Å². The van der Waals surface area contributed by atoms with Gasteiger partial charge in [-0.15, -0.1) is 0 Å². The fourth-order valence-corrected chi connectivity index (χ4v) is 8.92. The largest absolute Gasteiger partial charge is 0.490 e. The minimum atomic E-state index is -0.604. The van der Waals surface area contributed by atoms with Gasteiger partial charge in [0.2, 0.25) is 17.7 Å². The van der Waals surface area contributed by atoms with Crippen molar-refractivity contribution in [3.05, 3.63) is 70.5 Å². The monoisotopic (exact) mass is 779 g/mol. The third kappa shape index (κ3) is 8.29. The SMILES string of the molecule is N#Cc1ccc(O[C@H]2CC[C@H](C(=O)Nc3cnc(N4CCC(CN5CCN(c6ccc7c(c6)C(=O)N(C6CCC(=O)NC6=O)C7)CC5)CC4)cn3)CC2)cc1Cl. The number of rotatable bonds is 9. The molecule has 1 aliphatic carbocycles. The summed E-state index contributed by atoms with van der Waals surface area (Å²) >= 11 is 6.14. The summed E-state index contributed by atoms with van der Waals surface area (Å²) in [6.07, 6.45) is 9.07. The molecule has 15 heteroatoms. The molecular weight excluding hydrogens is 734 g/mol. The lowest BCUT2D eigenvalue weighted by Gasteiger charge is -2.39. The number of carbonyl (C=O) groups is 4. The summed E-state index contributed by atoms with van der Waals surface area (Å²) in [5.74, 6) is 1.54. The highest BCUT2D eigenvalue weighted by molar-refractivity contribution is 6.31. The number of carbonyl (C=O) groups excluding carboxylic acids is 4. The number of anilines is 3. The summed E-state index contributed by atoms with van der Waals surface area (Å²) in [4.78, 5) is 68.3. The molecule has 14 nitrogen and oxygen atoms in total. The van der Waals surface area contributed by atoms with Crippen LogP contribution in [-0.2, 0) is 20.9 Å². The van der Waals surface area contributed by atoms with Crippen LogP contribution in [0.4, 0.5) is 17.3 Å². The van der Waals surface area contributed by atoms with Crippen LogP contribution < -0.4 is 25.2 Å². The van der Waals surface area contributed by atoms with Gasteiger partial charge in [0.05, 0.1) is 29.1 Å². The number of nitrogens with zero attached hydrogens (tertiary/aromatic N) is 7. The quantitative estimate of drug-likeness (QED) is 0.297. The third-order valence-corrected chi connectivity index (χ3v) is 12.3. The molecular formula is C41H46ClN9O5. The Morgan fingerprint density at radius 3 is 2.39 bits per heavy atom. The summed E-state index contributed by atoms with van der Waals surface area (Å²) in [5.41, 5.74) is 3.02. The minimum Gasteiger partial charge on any atom is -0.490 e.